The van der Waals surface area contributed by atoms with Crippen molar-refractivity contribution in [2.75, 3.05) is 19.3 Å². The summed E-state index contributed by atoms with van der Waals surface area (Å²) in [7, 11) is 1.51. The quantitative estimate of drug-likeness (QED) is 0.405. The number of nitrogens with one attached hydrogen (secondary N) is 1. The Labute approximate surface area is 169 Å². The molecule has 3 aliphatic rings. The third kappa shape index (κ3) is 3.05. The molecule has 0 aromatic carbocycles. The maximum absolute atomic E-state index is 12.6. The number of tetrazole rings is 1. The van der Waals surface area contributed by atoms with Gasteiger partial charge >= 0.3 is 5.97 Å². The second-order valence-corrected chi connectivity index (χ2v) is 8.06. The first-order valence-electron chi connectivity index (χ1n) is 8.98. The highest BCUT2D eigenvalue weighted by Gasteiger charge is 2.63. The van der Waals surface area contributed by atoms with E-state index in [0.29, 0.717) is 23.7 Å². The van der Waals surface area contributed by atoms with Gasteiger partial charge in [0.2, 0.25) is 17.0 Å². The standard InChI is InChI=1S/C16H19N7O5S/c1-7(24)21-4-8-3-9(12(15(27)28)23-11(8)13(21)14(23)26)6-29-16-18-19-20-22(16)5-10(25)17-2/h8,11,13H,3-6H2,1-2H3,(H,17,25)(H,27,28)/t8-,11-,13+/m1/s1. The van der Waals surface area contributed by atoms with Gasteiger partial charge in [0, 0.05) is 32.2 Å². The van der Waals surface area contributed by atoms with Gasteiger partial charge in [-0.3, -0.25) is 19.3 Å². The molecule has 13 heteroatoms. The average molecular weight is 421 g/mol. The number of β-lactam (4-membered cyclic amide) rings is 1. The van der Waals surface area contributed by atoms with E-state index >= 15 is 0 Å². The lowest BCUT2D eigenvalue weighted by Crippen LogP contribution is -2.69. The van der Waals surface area contributed by atoms with Gasteiger partial charge < -0.3 is 15.3 Å². The zero-order valence-electron chi connectivity index (χ0n) is 15.7. The summed E-state index contributed by atoms with van der Waals surface area (Å²) in [5.41, 5.74) is 0.575. The van der Waals surface area contributed by atoms with Gasteiger partial charge in [0.25, 0.3) is 5.91 Å². The molecule has 3 atom stereocenters. The number of carboxylic acid groups (broad SMARTS) is 1. The van der Waals surface area contributed by atoms with Gasteiger partial charge in [-0.15, -0.1) is 5.10 Å². The molecule has 0 unspecified atom stereocenters. The van der Waals surface area contributed by atoms with Crippen molar-refractivity contribution in [3.05, 3.63) is 11.3 Å². The maximum atomic E-state index is 12.6. The molecule has 2 fully saturated rings. The van der Waals surface area contributed by atoms with E-state index in [1.54, 1.807) is 0 Å². The topological polar surface area (TPSA) is 151 Å². The summed E-state index contributed by atoms with van der Waals surface area (Å²) in [5, 5.41) is 23.8. The molecule has 4 rings (SSSR count). The minimum absolute atomic E-state index is 0.00200. The van der Waals surface area contributed by atoms with E-state index in [1.165, 1.54) is 40.2 Å². The number of amides is 3. The lowest BCUT2D eigenvalue weighted by molar-refractivity contribution is -0.159. The Morgan fingerprint density at radius 2 is 2.10 bits per heavy atom. The highest BCUT2D eigenvalue weighted by atomic mass is 32.2. The molecular weight excluding hydrogens is 402 g/mol. The third-order valence-electron chi connectivity index (χ3n) is 5.50. The molecule has 12 nitrogen and oxygen atoms in total. The fourth-order valence-corrected chi connectivity index (χ4v) is 5.16. The lowest BCUT2D eigenvalue weighted by atomic mass is 9.79. The van der Waals surface area contributed by atoms with Gasteiger partial charge in [0.05, 0.1) is 6.04 Å². The van der Waals surface area contributed by atoms with Crippen LogP contribution in [0.2, 0.25) is 0 Å². The van der Waals surface area contributed by atoms with Crippen LogP contribution >= 0.6 is 11.8 Å². The van der Waals surface area contributed by atoms with E-state index in [1.807, 2.05) is 0 Å². The number of aliphatic carboxylic acids is 1. The number of carboxylic acids is 1. The van der Waals surface area contributed by atoms with E-state index in [2.05, 4.69) is 20.8 Å². The number of likely N-dealkylation sites (tertiary alicyclic amines) is 1. The van der Waals surface area contributed by atoms with Crippen LogP contribution in [0.3, 0.4) is 0 Å². The molecule has 0 saturated carbocycles. The molecule has 2 N–H and O–H groups in total. The number of thioether (sulfide) groups is 1. The number of carbonyl (C=O) groups is 4. The molecule has 4 heterocycles. The fourth-order valence-electron chi connectivity index (χ4n) is 4.25. The SMILES string of the molecule is CNC(=O)Cn1nnnc1SCC1=C(C(=O)O)N2C(=O)[C@@H]3[C@H]2[C@H](C1)CN3C(C)=O. The van der Waals surface area contributed by atoms with Gasteiger partial charge in [0.15, 0.2) is 0 Å². The summed E-state index contributed by atoms with van der Waals surface area (Å²) in [5.74, 6) is -1.71. The maximum Gasteiger partial charge on any atom is 0.352 e. The number of carbonyl (C=O) groups excluding carboxylic acids is 3. The van der Waals surface area contributed by atoms with E-state index in [-0.39, 0.29) is 47.7 Å². The second-order valence-electron chi connectivity index (χ2n) is 7.12. The first-order chi connectivity index (χ1) is 13.8. The Kier molecular flexibility index (Phi) is 4.76. The fraction of sp³-hybridized carbons (Fsp3) is 0.562. The second kappa shape index (κ2) is 7.13. The van der Waals surface area contributed by atoms with Crippen molar-refractivity contribution in [3.8, 4) is 0 Å². The Morgan fingerprint density at radius 3 is 2.76 bits per heavy atom. The smallest absolute Gasteiger partial charge is 0.352 e. The van der Waals surface area contributed by atoms with Crippen molar-refractivity contribution in [1.29, 1.82) is 0 Å². The lowest BCUT2D eigenvalue weighted by Gasteiger charge is -2.49. The number of rotatable bonds is 6. The van der Waals surface area contributed by atoms with Crippen LogP contribution in [0.4, 0.5) is 0 Å². The van der Waals surface area contributed by atoms with Crippen molar-refractivity contribution in [3.63, 3.8) is 0 Å². The molecule has 0 spiro atoms. The average Bonchev–Trinajstić information content (AvgIpc) is 3.27. The highest BCUT2D eigenvalue weighted by Crippen LogP contribution is 2.47. The van der Waals surface area contributed by atoms with Gasteiger partial charge in [-0.05, 0) is 22.4 Å². The van der Waals surface area contributed by atoms with Crippen LogP contribution in [0, 0.1) is 5.92 Å². The number of aromatic nitrogens is 4. The van der Waals surface area contributed by atoms with Crippen LogP contribution in [-0.4, -0.2) is 90.2 Å². The molecule has 0 bridgehead atoms. The molecular formula is C16H19N7O5S. The first kappa shape index (κ1) is 19.4. The highest BCUT2D eigenvalue weighted by molar-refractivity contribution is 7.99. The zero-order valence-corrected chi connectivity index (χ0v) is 16.5. The third-order valence-corrected chi connectivity index (χ3v) is 6.54. The largest absolute Gasteiger partial charge is 0.477 e. The first-order valence-corrected chi connectivity index (χ1v) is 9.97. The van der Waals surface area contributed by atoms with Crippen molar-refractivity contribution < 1.29 is 24.3 Å². The van der Waals surface area contributed by atoms with E-state index < -0.39 is 12.0 Å². The molecule has 3 amide bonds. The minimum Gasteiger partial charge on any atom is -0.477 e. The number of nitrogens with zero attached hydrogens (tertiary/aromatic N) is 6. The predicted octanol–water partition coefficient (Wildman–Crippen LogP) is -1.69. The van der Waals surface area contributed by atoms with Crippen molar-refractivity contribution in [1.82, 2.24) is 35.3 Å². The minimum atomic E-state index is -1.17. The van der Waals surface area contributed by atoms with Gasteiger partial charge in [-0.2, -0.15) is 0 Å². The summed E-state index contributed by atoms with van der Waals surface area (Å²) >= 11 is 1.20. The van der Waals surface area contributed by atoms with Crippen molar-refractivity contribution in [2.45, 2.75) is 37.1 Å². The molecule has 3 aliphatic heterocycles. The molecule has 0 aliphatic carbocycles. The van der Waals surface area contributed by atoms with Crippen LogP contribution < -0.4 is 5.32 Å². The number of likely N-dealkylation sites (N-methyl/N-ethyl adjacent to an activating group) is 1. The van der Waals surface area contributed by atoms with Crippen LogP contribution in [0.1, 0.15) is 13.3 Å². The van der Waals surface area contributed by atoms with Crippen LogP contribution in [0.25, 0.3) is 0 Å². The molecule has 29 heavy (non-hydrogen) atoms. The Bertz CT molecular complexity index is 944. The van der Waals surface area contributed by atoms with Crippen LogP contribution in [0.5, 0.6) is 0 Å². The van der Waals surface area contributed by atoms with E-state index in [9.17, 15) is 24.3 Å². The molecule has 0 radical (unpaired) electrons. The van der Waals surface area contributed by atoms with Gasteiger partial charge in [0.1, 0.15) is 18.3 Å². The van der Waals surface area contributed by atoms with Crippen molar-refractivity contribution in [2.24, 2.45) is 5.92 Å². The monoisotopic (exact) mass is 421 g/mol. The molecule has 154 valence electrons. The predicted molar refractivity (Wildman–Crippen MR) is 97.2 cm³/mol. The molecule has 1 aromatic rings. The Morgan fingerprint density at radius 1 is 1.34 bits per heavy atom. The number of hydrogen-bond acceptors (Lipinski definition) is 8. The van der Waals surface area contributed by atoms with Crippen LogP contribution in [-0.2, 0) is 25.7 Å². The Balaban J connectivity index is 1.56. The normalized spacial score (nSPS) is 25.0. The van der Waals surface area contributed by atoms with E-state index in [0.717, 1.165) is 0 Å². The van der Waals surface area contributed by atoms with Gasteiger partial charge in [-0.25, -0.2) is 9.48 Å². The van der Waals surface area contributed by atoms with Crippen molar-refractivity contribution >= 4 is 35.5 Å². The summed E-state index contributed by atoms with van der Waals surface area (Å²) in [6, 6.07) is -0.828. The Hall–Kier alpha value is -2.96. The molecule has 2 saturated heterocycles. The van der Waals surface area contributed by atoms with Gasteiger partial charge in [-0.1, -0.05) is 11.8 Å². The number of hydrogen-bond donors (Lipinski definition) is 2. The van der Waals surface area contributed by atoms with E-state index in [4.69, 9.17) is 0 Å². The summed E-state index contributed by atoms with van der Waals surface area (Å²) in [6.45, 7) is 1.80. The summed E-state index contributed by atoms with van der Waals surface area (Å²) in [4.78, 5) is 50.8. The summed E-state index contributed by atoms with van der Waals surface area (Å²) in [6.07, 6.45) is 0.473. The molecule has 1 aromatic heterocycles. The zero-order chi connectivity index (χ0) is 20.9. The summed E-state index contributed by atoms with van der Waals surface area (Å²) < 4.78 is 1.33. The van der Waals surface area contributed by atoms with Crippen LogP contribution in [0.15, 0.2) is 16.4 Å².